The van der Waals surface area contributed by atoms with Crippen molar-refractivity contribution in [2.24, 2.45) is 0 Å². The van der Waals surface area contributed by atoms with Crippen molar-refractivity contribution in [2.45, 2.75) is 155 Å². The van der Waals surface area contributed by atoms with Crippen molar-refractivity contribution in [3.05, 3.63) is 33.4 Å². The topological polar surface area (TPSA) is 173 Å². The number of hydrogen-bond donors (Lipinski definition) is 6. The van der Waals surface area contributed by atoms with Crippen molar-refractivity contribution in [1.29, 1.82) is 0 Å². The van der Waals surface area contributed by atoms with Crippen molar-refractivity contribution >= 4 is 22.8 Å². The lowest BCUT2D eigenvalue weighted by atomic mass is 9.71. The monoisotopic (exact) mass is 654 g/mol. The van der Waals surface area contributed by atoms with Crippen LogP contribution in [0.1, 0.15) is 152 Å². The van der Waals surface area contributed by atoms with Crippen LogP contribution in [0.5, 0.6) is 0 Å². The molecule has 0 aliphatic rings. The van der Waals surface area contributed by atoms with Gasteiger partial charge >= 0.3 is 22.8 Å². The first-order valence-electron chi connectivity index (χ1n) is 15.5. The Hall–Kier alpha value is -0.330. The zero-order valence-electron chi connectivity index (χ0n) is 27.2. The summed E-state index contributed by atoms with van der Waals surface area (Å²) in [5.41, 5.74) is 2.13. The Balaban J connectivity index is 5.01. The number of hydrogen-bond acceptors (Lipinski definition) is 3. The van der Waals surface area contributed by atoms with E-state index in [-0.39, 0.29) is 38.5 Å². The Kier molecular flexibility index (Phi) is 14.0. The molecule has 0 aromatic heterocycles. The maximum absolute atomic E-state index is 13.6. The van der Waals surface area contributed by atoms with Crippen molar-refractivity contribution in [3.63, 3.8) is 0 Å². The highest BCUT2D eigenvalue weighted by Crippen LogP contribution is 2.70. The fraction of sp³-hybridized carbons (Fsp3) is 0.800. The summed E-state index contributed by atoms with van der Waals surface area (Å²) in [5.74, 6) is 0. The van der Waals surface area contributed by atoms with E-state index in [4.69, 9.17) is 0 Å². The molecule has 0 aliphatic heterocycles. The average Bonchev–Trinajstić information content (AvgIpc) is 2.82. The molecule has 6 N–H and O–H groups in total. The first-order valence-corrected chi connectivity index (χ1v) is 20.4. The fourth-order valence-corrected chi connectivity index (χ4v) is 13.2. The molecule has 246 valence electrons. The van der Waals surface area contributed by atoms with Gasteiger partial charge < -0.3 is 29.4 Å². The van der Waals surface area contributed by atoms with Gasteiger partial charge in [0.15, 0.2) is 0 Å². The van der Waals surface area contributed by atoms with Crippen molar-refractivity contribution < 1.29 is 43.1 Å². The molecule has 42 heavy (non-hydrogen) atoms. The lowest BCUT2D eigenvalue weighted by molar-refractivity contribution is 0.295. The molecule has 0 atom stereocenters. The van der Waals surface area contributed by atoms with Crippen LogP contribution in [-0.2, 0) is 29.2 Å². The molecular weight excluding hydrogens is 597 g/mol. The van der Waals surface area contributed by atoms with Crippen LogP contribution in [0.3, 0.4) is 0 Å². The summed E-state index contributed by atoms with van der Waals surface area (Å²) in [6, 6.07) is 0. The SMILES string of the molecule is CCCC(CCC)(c1c(C)c(C(CCC)(CCC)P(=O)(O)O)c(C)c(C(CCC)(CCC)P(=O)(O)O)c1C)P(=O)(O)O. The van der Waals surface area contributed by atoms with E-state index in [9.17, 15) is 43.1 Å². The van der Waals surface area contributed by atoms with E-state index in [1.807, 2.05) is 41.5 Å². The van der Waals surface area contributed by atoms with Gasteiger partial charge in [-0.3, -0.25) is 13.7 Å². The molecule has 1 aromatic carbocycles. The molecule has 0 saturated carbocycles. The Bertz CT molecular complexity index is 1020. The number of rotatable bonds is 18. The van der Waals surface area contributed by atoms with Gasteiger partial charge in [-0.05, 0) is 92.7 Å². The maximum Gasteiger partial charge on any atom is 0.336 e. The van der Waals surface area contributed by atoms with Crippen LogP contribution >= 0.6 is 22.8 Å². The Labute approximate surface area is 253 Å². The first-order chi connectivity index (χ1) is 19.2. The van der Waals surface area contributed by atoms with Crippen molar-refractivity contribution in [1.82, 2.24) is 0 Å². The van der Waals surface area contributed by atoms with Gasteiger partial charge in [0.25, 0.3) is 0 Å². The quantitative estimate of drug-likeness (QED) is 0.0848. The van der Waals surface area contributed by atoms with Crippen LogP contribution in [0.15, 0.2) is 0 Å². The fourth-order valence-electron chi connectivity index (χ4n) is 8.23. The summed E-state index contributed by atoms with van der Waals surface area (Å²) in [5, 5.41) is -5.04. The molecule has 9 nitrogen and oxygen atoms in total. The Morgan fingerprint density at radius 2 is 0.548 bits per heavy atom. The molecule has 0 amide bonds. The molecule has 1 aromatic rings. The summed E-state index contributed by atoms with van der Waals surface area (Å²) < 4.78 is 40.9. The highest BCUT2D eigenvalue weighted by Gasteiger charge is 2.56. The second-order valence-electron chi connectivity index (χ2n) is 12.2. The largest absolute Gasteiger partial charge is 0.336 e. The molecule has 0 radical (unpaired) electrons. The highest BCUT2D eigenvalue weighted by atomic mass is 31.2. The predicted molar refractivity (Wildman–Crippen MR) is 171 cm³/mol. The molecule has 0 unspecified atom stereocenters. The predicted octanol–water partition coefficient (Wildman–Crippen LogP) is 8.53. The van der Waals surface area contributed by atoms with E-state index in [0.717, 1.165) is 0 Å². The lowest BCUT2D eigenvalue weighted by Crippen LogP contribution is -2.37. The second-order valence-corrected chi connectivity index (χ2v) is 18.1. The molecule has 0 aliphatic carbocycles. The van der Waals surface area contributed by atoms with Crippen LogP contribution in [0.25, 0.3) is 0 Å². The molecular formula is C30H57O9P3. The molecule has 0 saturated heterocycles. The van der Waals surface area contributed by atoms with E-state index in [2.05, 4.69) is 0 Å². The van der Waals surface area contributed by atoms with E-state index in [1.54, 1.807) is 20.8 Å². The molecule has 0 bridgehead atoms. The van der Waals surface area contributed by atoms with Crippen LogP contribution in [0, 0.1) is 20.8 Å². The van der Waals surface area contributed by atoms with Crippen molar-refractivity contribution in [2.75, 3.05) is 0 Å². The van der Waals surface area contributed by atoms with E-state index in [1.165, 1.54) is 0 Å². The summed E-state index contributed by atoms with van der Waals surface area (Å²) in [6.07, 6.45) is 3.29. The zero-order chi connectivity index (χ0) is 32.9. The van der Waals surface area contributed by atoms with Gasteiger partial charge in [-0.25, -0.2) is 0 Å². The Morgan fingerprint density at radius 1 is 0.405 bits per heavy atom. The minimum absolute atomic E-state index is 0.115. The van der Waals surface area contributed by atoms with Gasteiger partial charge in [-0.2, -0.15) is 0 Å². The minimum atomic E-state index is -4.91. The van der Waals surface area contributed by atoms with Gasteiger partial charge in [0, 0.05) is 0 Å². The van der Waals surface area contributed by atoms with Crippen molar-refractivity contribution in [3.8, 4) is 0 Å². The maximum atomic E-state index is 13.6. The average molecular weight is 655 g/mol. The summed E-state index contributed by atoms with van der Waals surface area (Å²) in [4.78, 5) is 66.5. The van der Waals surface area contributed by atoms with Gasteiger partial charge in [0.1, 0.15) is 0 Å². The normalized spacial score (nSPS) is 14.1. The molecule has 0 fully saturated rings. The second kappa shape index (κ2) is 14.8. The van der Waals surface area contributed by atoms with E-state index in [0.29, 0.717) is 71.9 Å². The first kappa shape index (κ1) is 39.7. The number of benzene rings is 1. The standard InChI is InChI=1S/C30H57O9P3/c1-10-16-28(17-11-2,40(31,32)33)25-22(7)26(29(18-12-3,19-13-4)41(34,35)36)24(9)27(23(25)8)30(20-14-5,21-15-6)42(37,38)39/h10-21H2,1-9H3,(H2,31,32,33)(H2,34,35,36)(H2,37,38,39). The van der Waals surface area contributed by atoms with Crippen LogP contribution in [0.2, 0.25) is 0 Å². The summed E-state index contributed by atoms with van der Waals surface area (Å²) in [7, 11) is -14.7. The van der Waals surface area contributed by atoms with Gasteiger partial charge in [-0.15, -0.1) is 0 Å². The smallest absolute Gasteiger partial charge is 0.324 e. The van der Waals surface area contributed by atoms with E-state index < -0.39 is 38.3 Å². The zero-order valence-corrected chi connectivity index (χ0v) is 29.9. The third-order valence-corrected chi connectivity index (χ3v) is 14.7. The summed E-state index contributed by atoms with van der Waals surface area (Å²) >= 11 is 0. The molecule has 0 heterocycles. The molecule has 1 rings (SSSR count). The van der Waals surface area contributed by atoms with Crippen LogP contribution in [-0.4, -0.2) is 29.4 Å². The Morgan fingerprint density at radius 3 is 0.643 bits per heavy atom. The van der Waals surface area contributed by atoms with Crippen LogP contribution < -0.4 is 0 Å². The lowest BCUT2D eigenvalue weighted by Gasteiger charge is -2.46. The van der Waals surface area contributed by atoms with E-state index >= 15 is 0 Å². The summed E-state index contributed by atoms with van der Waals surface area (Å²) in [6.45, 7) is 16.1. The molecule has 12 heteroatoms. The molecule has 0 spiro atoms. The third kappa shape index (κ3) is 6.91. The van der Waals surface area contributed by atoms with Gasteiger partial charge in [0.2, 0.25) is 0 Å². The highest BCUT2D eigenvalue weighted by molar-refractivity contribution is 7.53. The van der Waals surface area contributed by atoms with Gasteiger partial charge in [0.05, 0.1) is 15.5 Å². The third-order valence-electron chi connectivity index (χ3n) is 9.30. The van der Waals surface area contributed by atoms with Gasteiger partial charge in [-0.1, -0.05) is 80.1 Å². The van der Waals surface area contributed by atoms with Crippen LogP contribution in [0.4, 0.5) is 0 Å². The minimum Gasteiger partial charge on any atom is -0.324 e.